The fourth-order valence-corrected chi connectivity index (χ4v) is 5.94. The van der Waals surface area contributed by atoms with Crippen LogP contribution in [-0.4, -0.2) is 41.7 Å². The Morgan fingerprint density at radius 1 is 1.14 bits per heavy atom. The SMILES string of the molecule is Cc1cc(C)c(CNC(=O)c2cc(Br)c3c(c2C)OC(C)(CC2CCC(N(C)C)CC2)O3)c(=O)[nH]1. The van der Waals surface area contributed by atoms with Crippen LogP contribution in [0.4, 0.5) is 0 Å². The van der Waals surface area contributed by atoms with E-state index < -0.39 is 5.79 Å². The highest BCUT2D eigenvalue weighted by atomic mass is 79.9. The van der Waals surface area contributed by atoms with E-state index in [-0.39, 0.29) is 18.0 Å². The van der Waals surface area contributed by atoms with Crippen molar-refractivity contribution >= 4 is 21.8 Å². The summed E-state index contributed by atoms with van der Waals surface area (Å²) in [6.07, 6.45) is 5.51. The summed E-state index contributed by atoms with van der Waals surface area (Å²) in [7, 11) is 4.31. The molecule has 190 valence electrons. The normalized spacial score (nSPS) is 23.5. The molecule has 7 nitrogen and oxygen atoms in total. The molecule has 0 saturated heterocycles. The van der Waals surface area contributed by atoms with Crippen molar-refractivity contribution in [1.82, 2.24) is 15.2 Å². The monoisotopic (exact) mass is 545 g/mol. The maximum Gasteiger partial charge on any atom is 0.253 e. The van der Waals surface area contributed by atoms with Crippen LogP contribution in [0.2, 0.25) is 0 Å². The molecule has 1 aliphatic heterocycles. The van der Waals surface area contributed by atoms with Crippen molar-refractivity contribution in [3.8, 4) is 11.5 Å². The number of fused-ring (bicyclic) bond motifs is 1. The molecule has 1 amide bonds. The average molecular weight is 547 g/mol. The minimum Gasteiger partial charge on any atom is -0.448 e. The van der Waals surface area contributed by atoms with Gasteiger partial charge in [0.15, 0.2) is 11.5 Å². The quantitative estimate of drug-likeness (QED) is 0.534. The third-order valence-electron chi connectivity index (χ3n) is 7.44. The van der Waals surface area contributed by atoms with E-state index in [2.05, 4.69) is 45.2 Å². The summed E-state index contributed by atoms with van der Waals surface area (Å²) < 4.78 is 13.4. The van der Waals surface area contributed by atoms with Gasteiger partial charge in [0.1, 0.15) is 0 Å². The summed E-state index contributed by atoms with van der Waals surface area (Å²) in [4.78, 5) is 30.5. The molecular formula is C27H36BrN3O4. The van der Waals surface area contributed by atoms with Gasteiger partial charge in [-0.2, -0.15) is 0 Å². The van der Waals surface area contributed by atoms with Crippen LogP contribution >= 0.6 is 15.9 Å². The number of rotatable bonds is 6. The van der Waals surface area contributed by atoms with E-state index in [4.69, 9.17) is 9.47 Å². The molecule has 0 radical (unpaired) electrons. The van der Waals surface area contributed by atoms with Crippen LogP contribution in [0.25, 0.3) is 0 Å². The molecule has 0 spiro atoms. The van der Waals surface area contributed by atoms with Crippen LogP contribution in [0.3, 0.4) is 0 Å². The zero-order valence-electron chi connectivity index (χ0n) is 21.5. The second-order valence-corrected chi connectivity index (χ2v) is 11.3. The molecule has 4 rings (SSSR count). The van der Waals surface area contributed by atoms with Gasteiger partial charge in [-0.3, -0.25) is 9.59 Å². The fraction of sp³-hybridized carbons (Fsp3) is 0.556. The average Bonchev–Trinajstić information content (AvgIpc) is 3.13. The Morgan fingerprint density at radius 2 is 1.80 bits per heavy atom. The molecule has 1 atom stereocenters. The third kappa shape index (κ3) is 5.43. The molecule has 2 heterocycles. The number of pyridine rings is 1. The molecular weight excluding hydrogens is 510 g/mol. The Labute approximate surface area is 215 Å². The molecule has 1 unspecified atom stereocenters. The number of nitrogens with one attached hydrogen (secondary N) is 2. The van der Waals surface area contributed by atoms with Crippen molar-refractivity contribution in [2.75, 3.05) is 14.1 Å². The lowest BCUT2D eigenvalue weighted by atomic mass is 9.82. The first kappa shape index (κ1) is 25.8. The summed E-state index contributed by atoms with van der Waals surface area (Å²) in [5.74, 6) is 0.785. The highest BCUT2D eigenvalue weighted by Gasteiger charge is 2.42. The molecule has 1 aliphatic carbocycles. The van der Waals surface area contributed by atoms with Crippen LogP contribution in [-0.2, 0) is 6.54 Å². The van der Waals surface area contributed by atoms with Crippen molar-refractivity contribution in [2.45, 2.75) is 78.2 Å². The Kier molecular flexibility index (Phi) is 7.34. The lowest BCUT2D eigenvalue weighted by Crippen LogP contribution is -2.39. The number of aromatic nitrogens is 1. The zero-order valence-corrected chi connectivity index (χ0v) is 23.1. The Balaban J connectivity index is 1.47. The Morgan fingerprint density at radius 3 is 2.43 bits per heavy atom. The minimum atomic E-state index is -0.757. The number of aryl methyl sites for hydroxylation is 2. The predicted molar refractivity (Wildman–Crippen MR) is 140 cm³/mol. The highest BCUT2D eigenvalue weighted by molar-refractivity contribution is 9.10. The number of hydrogen-bond donors (Lipinski definition) is 2. The number of carbonyl (C=O) groups is 1. The first-order valence-corrected chi connectivity index (χ1v) is 13.1. The van der Waals surface area contributed by atoms with Gasteiger partial charge < -0.3 is 24.7 Å². The molecule has 2 N–H and O–H groups in total. The molecule has 35 heavy (non-hydrogen) atoms. The summed E-state index contributed by atoms with van der Waals surface area (Å²) in [6, 6.07) is 4.32. The number of aromatic amines is 1. The highest BCUT2D eigenvalue weighted by Crippen LogP contribution is 2.50. The lowest BCUT2D eigenvalue weighted by Gasteiger charge is -2.35. The van der Waals surface area contributed by atoms with Crippen molar-refractivity contribution in [2.24, 2.45) is 5.92 Å². The van der Waals surface area contributed by atoms with Gasteiger partial charge >= 0.3 is 0 Å². The Bertz CT molecular complexity index is 1180. The van der Waals surface area contributed by atoms with Gasteiger partial charge in [-0.05, 0) is 100 Å². The Hall–Kier alpha value is -2.32. The minimum absolute atomic E-state index is 0.152. The number of ether oxygens (including phenoxy) is 2. The van der Waals surface area contributed by atoms with Crippen LogP contribution in [0, 0.1) is 26.7 Å². The summed E-state index contributed by atoms with van der Waals surface area (Å²) in [5.41, 5.74) is 3.25. The number of benzene rings is 1. The van der Waals surface area contributed by atoms with Crippen molar-refractivity contribution in [3.63, 3.8) is 0 Å². The molecule has 8 heteroatoms. The molecule has 0 bridgehead atoms. The molecule has 1 fully saturated rings. The lowest BCUT2D eigenvalue weighted by molar-refractivity contribution is -0.0842. The molecule has 1 saturated carbocycles. The van der Waals surface area contributed by atoms with Gasteiger partial charge in [0, 0.05) is 48.3 Å². The second kappa shape index (κ2) is 9.97. The maximum atomic E-state index is 13.1. The fourth-order valence-electron chi connectivity index (χ4n) is 5.45. The third-order valence-corrected chi connectivity index (χ3v) is 8.03. The van der Waals surface area contributed by atoms with Gasteiger partial charge in [-0.1, -0.05) is 0 Å². The van der Waals surface area contributed by atoms with Gasteiger partial charge in [0.05, 0.1) is 4.47 Å². The molecule has 2 aliphatic rings. The molecule has 2 aromatic rings. The van der Waals surface area contributed by atoms with E-state index in [1.165, 1.54) is 12.8 Å². The zero-order chi connectivity index (χ0) is 25.5. The van der Waals surface area contributed by atoms with E-state index in [0.29, 0.717) is 39.1 Å². The standard InChI is InChI=1S/C27H36BrN3O4/c1-15-11-16(2)30-26(33)21(15)14-29-25(32)20-12-22(28)24-23(17(20)3)34-27(4,35-24)13-18-7-9-19(10-8-18)31(5)6/h11-12,18-19H,7-10,13-14H2,1-6H3,(H,29,32)(H,30,33). The van der Waals surface area contributed by atoms with Gasteiger partial charge in [-0.25, -0.2) is 0 Å². The molecule has 1 aromatic carbocycles. The van der Waals surface area contributed by atoms with Crippen molar-refractivity contribution < 1.29 is 14.3 Å². The topological polar surface area (TPSA) is 83.7 Å². The summed E-state index contributed by atoms with van der Waals surface area (Å²) in [6.45, 7) is 7.73. The van der Waals surface area contributed by atoms with Crippen molar-refractivity contribution in [3.05, 3.63) is 54.9 Å². The van der Waals surface area contributed by atoms with Crippen LogP contribution in [0.1, 0.15) is 71.8 Å². The van der Waals surface area contributed by atoms with Gasteiger partial charge in [0.25, 0.3) is 11.5 Å². The van der Waals surface area contributed by atoms with E-state index in [1.54, 1.807) is 6.07 Å². The number of hydrogen-bond acceptors (Lipinski definition) is 5. The number of halogens is 1. The number of amides is 1. The van der Waals surface area contributed by atoms with Crippen LogP contribution < -0.4 is 20.3 Å². The smallest absolute Gasteiger partial charge is 0.253 e. The first-order chi connectivity index (χ1) is 16.5. The first-order valence-electron chi connectivity index (χ1n) is 12.3. The largest absolute Gasteiger partial charge is 0.448 e. The number of carbonyl (C=O) groups excluding carboxylic acids is 1. The number of H-pyrrole nitrogens is 1. The van der Waals surface area contributed by atoms with Crippen LogP contribution in [0.5, 0.6) is 11.5 Å². The summed E-state index contributed by atoms with van der Waals surface area (Å²) in [5, 5.41) is 2.90. The van der Waals surface area contributed by atoms with E-state index >= 15 is 0 Å². The second-order valence-electron chi connectivity index (χ2n) is 10.5. The van der Waals surface area contributed by atoms with Gasteiger partial charge in [-0.15, -0.1) is 0 Å². The van der Waals surface area contributed by atoms with E-state index in [9.17, 15) is 9.59 Å². The van der Waals surface area contributed by atoms with Crippen molar-refractivity contribution in [1.29, 1.82) is 0 Å². The molecule has 1 aromatic heterocycles. The van der Waals surface area contributed by atoms with E-state index in [0.717, 1.165) is 36.1 Å². The van der Waals surface area contributed by atoms with E-state index in [1.807, 2.05) is 33.8 Å². The van der Waals surface area contributed by atoms with Crippen LogP contribution in [0.15, 0.2) is 21.4 Å². The number of nitrogens with zero attached hydrogens (tertiary/aromatic N) is 1. The predicted octanol–water partition coefficient (Wildman–Crippen LogP) is 4.99. The van der Waals surface area contributed by atoms with Gasteiger partial charge in [0.2, 0.25) is 5.79 Å². The maximum absolute atomic E-state index is 13.1. The summed E-state index contributed by atoms with van der Waals surface area (Å²) >= 11 is 3.58.